The van der Waals surface area contributed by atoms with Gasteiger partial charge in [0.05, 0.1) is 11.8 Å². The summed E-state index contributed by atoms with van der Waals surface area (Å²) in [6.07, 6.45) is 1.77. The van der Waals surface area contributed by atoms with E-state index in [1.807, 2.05) is 19.1 Å². The normalized spacial score (nSPS) is 11.3. The Kier molecular flexibility index (Phi) is 3.65. The lowest BCUT2D eigenvalue weighted by Crippen LogP contribution is -2.00. The highest BCUT2D eigenvalue weighted by atomic mass is 35.5. The molecule has 126 valence electrons. The lowest BCUT2D eigenvalue weighted by Gasteiger charge is -2.11. The van der Waals surface area contributed by atoms with E-state index in [0.29, 0.717) is 28.1 Å². The standard InChI is InChI=1S/C17H13ClFN5O/c1-8-4-10(18)3-2-9(8)5-11-12(16-23-24-17(20)25-16)6-13-15(14(11)19)22-7-21-13/h2-4,6-7H,5H2,1H3,(H2,20,24)(H,21,22). The number of aromatic amines is 1. The molecule has 2 aromatic carbocycles. The van der Waals surface area contributed by atoms with E-state index in [1.165, 1.54) is 6.33 Å². The van der Waals surface area contributed by atoms with E-state index < -0.39 is 5.82 Å². The number of aryl methyl sites for hydroxylation is 1. The number of H-pyrrole nitrogens is 1. The molecule has 0 saturated carbocycles. The summed E-state index contributed by atoms with van der Waals surface area (Å²) in [6, 6.07) is 7.15. The van der Waals surface area contributed by atoms with Gasteiger partial charge in [-0.05, 0) is 36.2 Å². The van der Waals surface area contributed by atoms with Crippen LogP contribution in [0.3, 0.4) is 0 Å². The van der Waals surface area contributed by atoms with Gasteiger partial charge in [-0.25, -0.2) is 9.37 Å². The first-order chi connectivity index (χ1) is 12.0. The monoisotopic (exact) mass is 357 g/mol. The third-order valence-electron chi connectivity index (χ3n) is 4.10. The zero-order chi connectivity index (χ0) is 17.6. The van der Waals surface area contributed by atoms with Crippen LogP contribution in [0.25, 0.3) is 22.5 Å². The fourth-order valence-electron chi connectivity index (χ4n) is 2.84. The summed E-state index contributed by atoms with van der Waals surface area (Å²) < 4.78 is 20.4. The molecule has 8 heteroatoms. The first-order valence-electron chi connectivity index (χ1n) is 7.52. The molecular weight excluding hydrogens is 345 g/mol. The van der Waals surface area contributed by atoms with Gasteiger partial charge >= 0.3 is 6.01 Å². The predicted molar refractivity (Wildman–Crippen MR) is 92.8 cm³/mol. The van der Waals surface area contributed by atoms with Crippen LogP contribution in [0.15, 0.2) is 35.0 Å². The SMILES string of the molecule is Cc1cc(Cl)ccc1Cc1c(-c2nnc(N)o2)cc2[nH]cnc2c1F. The van der Waals surface area contributed by atoms with Crippen LogP contribution in [0.2, 0.25) is 5.02 Å². The number of nitrogens with two attached hydrogens (primary N) is 1. The van der Waals surface area contributed by atoms with Gasteiger partial charge in [0.1, 0.15) is 5.52 Å². The highest BCUT2D eigenvalue weighted by molar-refractivity contribution is 6.30. The molecule has 6 nitrogen and oxygen atoms in total. The van der Waals surface area contributed by atoms with Gasteiger partial charge in [-0.1, -0.05) is 22.8 Å². The average Bonchev–Trinajstić information content (AvgIpc) is 3.20. The van der Waals surface area contributed by atoms with E-state index in [2.05, 4.69) is 20.2 Å². The van der Waals surface area contributed by atoms with Crippen molar-refractivity contribution >= 4 is 28.6 Å². The Hall–Kier alpha value is -2.93. The number of anilines is 1. The Bertz CT molecular complexity index is 1090. The van der Waals surface area contributed by atoms with Gasteiger partial charge in [-0.3, -0.25) is 0 Å². The number of nitrogens with one attached hydrogen (secondary N) is 1. The Morgan fingerprint density at radius 1 is 1.28 bits per heavy atom. The zero-order valence-corrected chi connectivity index (χ0v) is 13.9. The number of imidazole rings is 1. The molecule has 0 spiro atoms. The number of nitrogen functional groups attached to an aromatic ring is 1. The van der Waals surface area contributed by atoms with Crippen LogP contribution < -0.4 is 5.73 Å². The molecular formula is C17H13ClFN5O. The van der Waals surface area contributed by atoms with Crippen LogP contribution in [-0.4, -0.2) is 20.2 Å². The zero-order valence-electron chi connectivity index (χ0n) is 13.2. The molecule has 0 radical (unpaired) electrons. The number of halogens is 2. The summed E-state index contributed by atoms with van der Waals surface area (Å²) in [5.74, 6) is -0.269. The number of fused-ring (bicyclic) bond motifs is 1. The van der Waals surface area contributed by atoms with E-state index in [0.717, 1.165) is 11.1 Å². The number of hydrogen-bond donors (Lipinski definition) is 2. The molecule has 0 amide bonds. The maximum atomic E-state index is 15.1. The largest absolute Gasteiger partial charge is 0.404 e. The number of aromatic nitrogens is 4. The first-order valence-corrected chi connectivity index (χ1v) is 7.89. The van der Waals surface area contributed by atoms with E-state index in [4.69, 9.17) is 21.8 Å². The van der Waals surface area contributed by atoms with Crippen molar-refractivity contribution in [3.63, 3.8) is 0 Å². The highest BCUT2D eigenvalue weighted by Crippen LogP contribution is 2.32. The molecule has 0 saturated heterocycles. The van der Waals surface area contributed by atoms with Crippen LogP contribution in [0.4, 0.5) is 10.4 Å². The molecule has 0 aliphatic heterocycles. The Morgan fingerprint density at radius 2 is 2.12 bits per heavy atom. The van der Waals surface area contributed by atoms with E-state index in [1.54, 1.807) is 12.1 Å². The van der Waals surface area contributed by atoms with E-state index in [9.17, 15) is 0 Å². The minimum atomic E-state index is -0.431. The molecule has 0 aliphatic carbocycles. The quantitative estimate of drug-likeness (QED) is 0.580. The van der Waals surface area contributed by atoms with Crippen molar-refractivity contribution in [3.05, 3.63) is 58.1 Å². The third kappa shape index (κ3) is 2.72. The molecule has 4 rings (SSSR count). The van der Waals surface area contributed by atoms with Crippen molar-refractivity contribution in [3.8, 4) is 11.5 Å². The van der Waals surface area contributed by atoms with Gasteiger partial charge in [0.25, 0.3) is 0 Å². The Morgan fingerprint density at radius 3 is 2.84 bits per heavy atom. The molecule has 2 aromatic heterocycles. The van der Waals surface area contributed by atoms with Crippen LogP contribution in [0.5, 0.6) is 0 Å². The average molecular weight is 358 g/mol. The summed E-state index contributed by atoms with van der Waals surface area (Å²) in [4.78, 5) is 6.95. The molecule has 0 unspecified atom stereocenters. The second-order valence-electron chi connectivity index (χ2n) is 5.71. The smallest absolute Gasteiger partial charge is 0.313 e. The summed E-state index contributed by atoms with van der Waals surface area (Å²) in [6.45, 7) is 1.93. The van der Waals surface area contributed by atoms with Crippen molar-refractivity contribution in [2.75, 3.05) is 5.73 Å². The molecule has 0 atom stereocenters. The highest BCUT2D eigenvalue weighted by Gasteiger charge is 2.21. The lowest BCUT2D eigenvalue weighted by atomic mass is 9.95. The molecule has 0 fully saturated rings. The van der Waals surface area contributed by atoms with Gasteiger partial charge in [-0.15, -0.1) is 5.10 Å². The van der Waals surface area contributed by atoms with Gasteiger partial charge in [0.2, 0.25) is 5.89 Å². The number of hydrogen-bond acceptors (Lipinski definition) is 5. The van der Waals surface area contributed by atoms with Crippen LogP contribution >= 0.6 is 11.6 Å². The molecule has 3 N–H and O–H groups in total. The summed E-state index contributed by atoms with van der Waals surface area (Å²) in [7, 11) is 0. The van der Waals surface area contributed by atoms with Crippen LogP contribution in [-0.2, 0) is 6.42 Å². The predicted octanol–water partition coefficient (Wildman–Crippen LogP) is 3.89. The molecule has 4 aromatic rings. The molecule has 0 bridgehead atoms. The topological polar surface area (TPSA) is 93.6 Å². The minimum absolute atomic E-state index is 0.0752. The Labute approximate surface area is 146 Å². The van der Waals surface area contributed by atoms with Gasteiger partial charge < -0.3 is 15.1 Å². The van der Waals surface area contributed by atoms with Gasteiger partial charge in [0.15, 0.2) is 5.82 Å². The van der Waals surface area contributed by atoms with E-state index >= 15 is 4.39 Å². The summed E-state index contributed by atoms with van der Waals surface area (Å²) in [5.41, 5.74) is 9.12. The van der Waals surface area contributed by atoms with Gasteiger partial charge in [-0.2, -0.15) is 0 Å². The fourth-order valence-corrected chi connectivity index (χ4v) is 3.06. The second kappa shape index (κ2) is 5.86. The Balaban J connectivity index is 1.92. The van der Waals surface area contributed by atoms with Crippen molar-refractivity contribution in [1.29, 1.82) is 0 Å². The third-order valence-corrected chi connectivity index (χ3v) is 4.33. The summed E-state index contributed by atoms with van der Waals surface area (Å²) >= 11 is 6.01. The number of rotatable bonds is 3. The second-order valence-corrected chi connectivity index (χ2v) is 6.14. The van der Waals surface area contributed by atoms with Gasteiger partial charge in [0, 0.05) is 22.6 Å². The fraction of sp³-hybridized carbons (Fsp3) is 0.118. The molecule has 25 heavy (non-hydrogen) atoms. The molecule has 2 heterocycles. The maximum absolute atomic E-state index is 15.1. The van der Waals surface area contributed by atoms with Crippen LogP contribution in [0, 0.1) is 12.7 Å². The maximum Gasteiger partial charge on any atom is 0.313 e. The number of benzene rings is 2. The van der Waals surface area contributed by atoms with Crippen LogP contribution in [0.1, 0.15) is 16.7 Å². The van der Waals surface area contributed by atoms with Crippen molar-refractivity contribution in [2.45, 2.75) is 13.3 Å². The van der Waals surface area contributed by atoms with Crippen molar-refractivity contribution in [2.24, 2.45) is 0 Å². The minimum Gasteiger partial charge on any atom is -0.404 e. The van der Waals surface area contributed by atoms with Crippen molar-refractivity contribution in [1.82, 2.24) is 20.2 Å². The van der Waals surface area contributed by atoms with Crippen molar-refractivity contribution < 1.29 is 8.81 Å². The lowest BCUT2D eigenvalue weighted by molar-refractivity contribution is 0.585. The molecule has 0 aliphatic rings. The summed E-state index contributed by atoms with van der Waals surface area (Å²) in [5, 5.41) is 8.19. The van der Waals surface area contributed by atoms with E-state index in [-0.39, 0.29) is 17.4 Å². The number of nitrogens with zero attached hydrogens (tertiary/aromatic N) is 3. The first kappa shape index (κ1) is 15.6.